The van der Waals surface area contributed by atoms with Crippen molar-refractivity contribution in [2.24, 2.45) is 0 Å². The Bertz CT molecular complexity index is 366. The largest absolute Gasteiger partial charge is 0.476 e. The summed E-state index contributed by atoms with van der Waals surface area (Å²) < 4.78 is 0. The first kappa shape index (κ1) is 11.2. The average molecular weight is 204 g/mol. The molecule has 0 fully saturated rings. The van der Waals surface area contributed by atoms with Crippen molar-refractivity contribution in [2.75, 3.05) is 0 Å². The van der Waals surface area contributed by atoms with Gasteiger partial charge in [0.15, 0.2) is 0 Å². The van der Waals surface area contributed by atoms with Crippen LogP contribution in [-0.2, 0) is 9.59 Å². The smallest absolute Gasteiger partial charge is 0.372 e. The van der Waals surface area contributed by atoms with Gasteiger partial charge in [-0.2, -0.15) is 0 Å². The minimum Gasteiger partial charge on any atom is -0.476 e. The van der Waals surface area contributed by atoms with E-state index in [0.717, 1.165) is 5.56 Å². The van der Waals surface area contributed by atoms with Crippen molar-refractivity contribution in [2.45, 2.75) is 12.8 Å². The molecule has 15 heavy (non-hydrogen) atoms. The first-order valence-electron chi connectivity index (χ1n) is 4.68. The number of Topliss-reactive ketones (excluding diaryl/α,β-unsaturated/α-hetero) is 1. The predicted molar refractivity (Wildman–Crippen MR) is 57.4 cm³/mol. The number of aliphatic carboxylic acids is 1. The Balaban J connectivity index is 2.35. The number of carboxylic acid groups (broad SMARTS) is 1. The molecule has 78 valence electrons. The number of allylic oxidation sites excluding steroid dienone is 1. The minimum absolute atomic E-state index is 0.0542. The van der Waals surface area contributed by atoms with Gasteiger partial charge in [0.05, 0.1) is 0 Å². The fraction of sp³-hybridized carbons (Fsp3) is 0.167. The van der Waals surface area contributed by atoms with Crippen LogP contribution in [0.2, 0.25) is 0 Å². The summed E-state index contributed by atoms with van der Waals surface area (Å²) in [5.74, 6) is -2.10. The average Bonchev–Trinajstić information content (AvgIpc) is 2.25. The third-order valence-corrected chi connectivity index (χ3v) is 1.89. The second-order valence-electron chi connectivity index (χ2n) is 3.08. The van der Waals surface area contributed by atoms with Gasteiger partial charge >= 0.3 is 5.97 Å². The van der Waals surface area contributed by atoms with Crippen molar-refractivity contribution in [1.29, 1.82) is 0 Å². The third-order valence-electron chi connectivity index (χ3n) is 1.89. The van der Waals surface area contributed by atoms with E-state index in [9.17, 15) is 9.59 Å². The van der Waals surface area contributed by atoms with Crippen molar-refractivity contribution in [3.05, 3.63) is 42.0 Å². The highest BCUT2D eigenvalue weighted by molar-refractivity contribution is 6.32. The number of carbonyl (C=O) groups excluding carboxylic acids is 1. The molecule has 0 amide bonds. The van der Waals surface area contributed by atoms with E-state index in [2.05, 4.69) is 0 Å². The number of hydrogen-bond donors (Lipinski definition) is 1. The minimum atomic E-state index is -1.36. The Morgan fingerprint density at radius 2 is 1.87 bits per heavy atom. The Morgan fingerprint density at radius 3 is 2.47 bits per heavy atom. The van der Waals surface area contributed by atoms with Gasteiger partial charge in [0.2, 0.25) is 5.78 Å². The molecule has 0 aliphatic rings. The highest BCUT2D eigenvalue weighted by atomic mass is 16.4. The van der Waals surface area contributed by atoms with Crippen LogP contribution in [0.1, 0.15) is 18.4 Å². The highest BCUT2D eigenvalue weighted by Crippen LogP contribution is 2.03. The molecule has 0 aliphatic heterocycles. The molecule has 0 bridgehead atoms. The summed E-state index contributed by atoms with van der Waals surface area (Å²) in [6.45, 7) is 0. The summed E-state index contributed by atoms with van der Waals surface area (Å²) >= 11 is 0. The van der Waals surface area contributed by atoms with E-state index >= 15 is 0 Å². The van der Waals surface area contributed by atoms with Crippen LogP contribution in [0.25, 0.3) is 6.08 Å². The first-order valence-corrected chi connectivity index (χ1v) is 4.68. The molecule has 0 saturated heterocycles. The van der Waals surface area contributed by atoms with Crippen LogP contribution >= 0.6 is 0 Å². The maximum atomic E-state index is 10.7. The molecule has 0 saturated carbocycles. The maximum Gasteiger partial charge on any atom is 0.372 e. The number of benzene rings is 1. The highest BCUT2D eigenvalue weighted by Gasteiger charge is 2.08. The normalized spacial score (nSPS) is 10.4. The second-order valence-corrected chi connectivity index (χ2v) is 3.08. The standard InChI is InChI=1S/C12H12O3/c13-11(12(14)15)9-5-4-8-10-6-2-1-3-7-10/h1-4,6-8H,5,9H2,(H,14,15). The van der Waals surface area contributed by atoms with Crippen LogP contribution in [0.5, 0.6) is 0 Å². The molecule has 0 unspecified atom stereocenters. The van der Waals surface area contributed by atoms with Gasteiger partial charge in [-0.1, -0.05) is 42.5 Å². The van der Waals surface area contributed by atoms with Crippen LogP contribution < -0.4 is 0 Å². The molecule has 0 aromatic heterocycles. The van der Waals surface area contributed by atoms with Gasteiger partial charge in [-0.3, -0.25) is 4.79 Å². The molecular weight excluding hydrogens is 192 g/mol. The number of carboxylic acids is 1. The molecule has 3 heteroatoms. The zero-order chi connectivity index (χ0) is 11.1. The Labute approximate surface area is 88.0 Å². The first-order chi connectivity index (χ1) is 7.20. The lowest BCUT2D eigenvalue weighted by atomic mass is 10.1. The summed E-state index contributed by atoms with van der Waals surface area (Å²) in [6.07, 6.45) is 4.18. The van der Waals surface area contributed by atoms with Crippen LogP contribution in [0.4, 0.5) is 0 Å². The molecule has 0 atom stereocenters. The Hall–Kier alpha value is -1.90. The van der Waals surface area contributed by atoms with Gasteiger partial charge in [-0.05, 0) is 12.0 Å². The molecule has 3 nitrogen and oxygen atoms in total. The summed E-state index contributed by atoms with van der Waals surface area (Å²) in [5, 5.41) is 8.32. The van der Waals surface area contributed by atoms with Gasteiger partial charge in [0.25, 0.3) is 0 Å². The predicted octanol–water partition coefficient (Wildman–Crippen LogP) is 2.13. The lowest BCUT2D eigenvalue weighted by molar-refractivity contribution is -0.149. The maximum absolute atomic E-state index is 10.7. The van der Waals surface area contributed by atoms with Crippen molar-refractivity contribution < 1.29 is 14.7 Å². The van der Waals surface area contributed by atoms with E-state index in [4.69, 9.17) is 5.11 Å². The lowest BCUT2D eigenvalue weighted by Crippen LogP contribution is -2.11. The molecule has 0 aliphatic carbocycles. The molecule has 0 radical (unpaired) electrons. The van der Waals surface area contributed by atoms with Gasteiger partial charge < -0.3 is 5.11 Å². The monoisotopic (exact) mass is 204 g/mol. The van der Waals surface area contributed by atoms with Gasteiger partial charge in [-0.25, -0.2) is 4.79 Å². The second kappa shape index (κ2) is 5.75. The number of hydrogen-bond acceptors (Lipinski definition) is 2. The number of carbonyl (C=O) groups is 2. The van der Waals surface area contributed by atoms with Crippen molar-refractivity contribution in [1.82, 2.24) is 0 Å². The summed E-state index contributed by atoms with van der Waals surface area (Å²) in [4.78, 5) is 20.9. The van der Waals surface area contributed by atoms with Crippen molar-refractivity contribution in [3.8, 4) is 0 Å². The van der Waals surface area contributed by atoms with Gasteiger partial charge in [0, 0.05) is 6.42 Å². The molecule has 1 aromatic carbocycles. The van der Waals surface area contributed by atoms with E-state index in [1.165, 1.54) is 0 Å². The van der Waals surface area contributed by atoms with E-state index in [1.807, 2.05) is 36.4 Å². The van der Waals surface area contributed by atoms with Crippen LogP contribution in [0.3, 0.4) is 0 Å². The number of ketones is 1. The van der Waals surface area contributed by atoms with Crippen molar-refractivity contribution in [3.63, 3.8) is 0 Å². The summed E-state index contributed by atoms with van der Waals surface area (Å²) in [5.41, 5.74) is 1.04. The van der Waals surface area contributed by atoms with E-state index in [1.54, 1.807) is 6.08 Å². The molecule has 0 spiro atoms. The van der Waals surface area contributed by atoms with Crippen LogP contribution in [-0.4, -0.2) is 16.9 Å². The van der Waals surface area contributed by atoms with Crippen molar-refractivity contribution >= 4 is 17.8 Å². The third kappa shape index (κ3) is 4.22. The SMILES string of the molecule is O=C(O)C(=O)CCC=Cc1ccccc1. The van der Waals surface area contributed by atoms with E-state index < -0.39 is 11.8 Å². The Morgan fingerprint density at radius 1 is 1.20 bits per heavy atom. The van der Waals surface area contributed by atoms with E-state index in [-0.39, 0.29) is 6.42 Å². The fourth-order valence-electron chi connectivity index (χ4n) is 1.10. The molecule has 0 heterocycles. The quantitative estimate of drug-likeness (QED) is 0.747. The summed E-state index contributed by atoms with van der Waals surface area (Å²) in [7, 11) is 0. The molecule has 1 aromatic rings. The zero-order valence-electron chi connectivity index (χ0n) is 8.22. The summed E-state index contributed by atoms with van der Waals surface area (Å²) in [6, 6.07) is 9.64. The number of rotatable bonds is 5. The fourth-order valence-corrected chi connectivity index (χ4v) is 1.10. The van der Waals surface area contributed by atoms with Gasteiger partial charge in [0.1, 0.15) is 0 Å². The van der Waals surface area contributed by atoms with E-state index in [0.29, 0.717) is 6.42 Å². The zero-order valence-corrected chi connectivity index (χ0v) is 8.22. The van der Waals surface area contributed by atoms with Crippen LogP contribution in [0, 0.1) is 0 Å². The molecule has 1 N–H and O–H groups in total. The Kier molecular flexibility index (Phi) is 4.29. The molecule has 1 rings (SSSR count). The van der Waals surface area contributed by atoms with Gasteiger partial charge in [-0.15, -0.1) is 0 Å². The lowest BCUT2D eigenvalue weighted by Gasteiger charge is -1.92. The molecular formula is C12H12O3. The topological polar surface area (TPSA) is 54.4 Å². The van der Waals surface area contributed by atoms with Crippen LogP contribution in [0.15, 0.2) is 36.4 Å².